The van der Waals surface area contributed by atoms with Gasteiger partial charge < -0.3 is 9.47 Å². The molecule has 1 atom stereocenters. The van der Waals surface area contributed by atoms with E-state index in [0.717, 1.165) is 0 Å². The third kappa shape index (κ3) is 2.17. The zero-order valence-corrected chi connectivity index (χ0v) is 7.09. The molecule has 0 amide bonds. The number of methoxy groups -OCH3 is 1. The van der Waals surface area contributed by atoms with Gasteiger partial charge in [0.2, 0.25) is 0 Å². The summed E-state index contributed by atoms with van der Waals surface area (Å²) < 4.78 is 22.5. The van der Waals surface area contributed by atoms with Gasteiger partial charge in [0.25, 0.3) is 0 Å². The first-order chi connectivity index (χ1) is 5.75. The van der Waals surface area contributed by atoms with Crippen molar-refractivity contribution >= 4 is 5.97 Å². The highest BCUT2D eigenvalue weighted by Crippen LogP contribution is 2.21. The Morgan fingerprint density at radius 1 is 1.58 bits per heavy atom. The zero-order chi connectivity index (χ0) is 8.97. The van der Waals surface area contributed by atoms with Gasteiger partial charge in [0.05, 0.1) is 7.11 Å². The van der Waals surface area contributed by atoms with E-state index in [0.29, 0.717) is 26.1 Å². The molecular weight excluding hydrogens is 163 g/mol. The van der Waals surface area contributed by atoms with Gasteiger partial charge >= 0.3 is 5.97 Å². The van der Waals surface area contributed by atoms with E-state index in [9.17, 15) is 9.18 Å². The number of hydrogen-bond acceptors (Lipinski definition) is 3. The summed E-state index contributed by atoms with van der Waals surface area (Å²) >= 11 is 0. The standard InChI is InChI=1S/C8H13FO3/c1-11-8(10)7(9)6-2-4-12-5-3-6/h6-7H,2-5H2,1H3. The van der Waals surface area contributed by atoms with Gasteiger partial charge in [0.15, 0.2) is 6.17 Å². The van der Waals surface area contributed by atoms with Crippen LogP contribution >= 0.6 is 0 Å². The maximum Gasteiger partial charge on any atom is 0.340 e. The Labute approximate surface area is 70.8 Å². The van der Waals surface area contributed by atoms with Crippen LogP contribution in [0.15, 0.2) is 0 Å². The summed E-state index contributed by atoms with van der Waals surface area (Å²) in [5.41, 5.74) is 0. The van der Waals surface area contributed by atoms with E-state index in [-0.39, 0.29) is 5.92 Å². The minimum atomic E-state index is -1.47. The minimum Gasteiger partial charge on any atom is -0.467 e. The second-order valence-corrected chi connectivity index (χ2v) is 2.87. The zero-order valence-electron chi connectivity index (χ0n) is 7.09. The van der Waals surface area contributed by atoms with Crippen LogP contribution in [0.3, 0.4) is 0 Å². The third-order valence-electron chi connectivity index (χ3n) is 2.11. The van der Waals surface area contributed by atoms with E-state index >= 15 is 0 Å². The summed E-state index contributed by atoms with van der Waals surface area (Å²) in [5, 5.41) is 0. The van der Waals surface area contributed by atoms with Gasteiger partial charge in [-0.1, -0.05) is 0 Å². The molecule has 1 saturated heterocycles. The highest BCUT2D eigenvalue weighted by molar-refractivity contribution is 5.74. The Morgan fingerprint density at radius 2 is 2.17 bits per heavy atom. The van der Waals surface area contributed by atoms with Crippen molar-refractivity contribution < 1.29 is 18.7 Å². The molecule has 0 bridgehead atoms. The van der Waals surface area contributed by atoms with Gasteiger partial charge in [-0.05, 0) is 12.8 Å². The summed E-state index contributed by atoms with van der Waals surface area (Å²) in [5.74, 6) is -0.979. The topological polar surface area (TPSA) is 35.5 Å². The van der Waals surface area contributed by atoms with Crippen LogP contribution in [0.25, 0.3) is 0 Å². The van der Waals surface area contributed by atoms with Crippen molar-refractivity contribution in [3.8, 4) is 0 Å². The van der Waals surface area contributed by atoms with Gasteiger partial charge in [-0.15, -0.1) is 0 Å². The molecule has 70 valence electrons. The molecule has 3 nitrogen and oxygen atoms in total. The Morgan fingerprint density at radius 3 is 2.67 bits per heavy atom. The number of carbonyl (C=O) groups is 1. The lowest BCUT2D eigenvalue weighted by Crippen LogP contribution is -2.31. The predicted molar refractivity (Wildman–Crippen MR) is 40.5 cm³/mol. The lowest BCUT2D eigenvalue weighted by atomic mass is 9.95. The van der Waals surface area contributed by atoms with Gasteiger partial charge in [-0.25, -0.2) is 9.18 Å². The largest absolute Gasteiger partial charge is 0.467 e. The Kier molecular flexibility index (Phi) is 3.47. The molecule has 1 rings (SSSR count). The van der Waals surface area contributed by atoms with E-state index < -0.39 is 12.1 Å². The molecule has 0 aliphatic carbocycles. The van der Waals surface area contributed by atoms with E-state index in [1.54, 1.807) is 0 Å². The van der Waals surface area contributed by atoms with E-state index in [1.165, 1.54) is 7.11 Å². The van der Waals surface area contributed by atoms with Crippen LogP contribution in [-0.2, 0) is 14.3 Å². The molecule has 0 aromatic heterocycles. The molecule has 0 radical (unpaired) electrons. The maximum absolute atomic E-state index is 13.2. The molecule has 0 spiro atoms. The van der Waals surface area contributed by atoms with Crippen LogP contribution < -0.4 is 0 Å². The first kappa shape index (κ1) is 9.45. The average molecular weight is 176 g/mol. The summed E-state index contributed by atoms with van der Waals surface area (Å²) in [6.45, 7) is 1.09. The fraction of sp³-hybridized carbons (Fsp3) is 0.875. The highest BCUT2D eigenvalue weighted by atomic mass is 19.1. The summed E-state index contributed by atoms with van der Waals surface area (Å²) in [6.07, 6.45) is -0.258. The SMILES string of the molecule is COC(=O)C(F)C1CCOCC1. The molecule has 4 heteroatoms. The van der Waals surface area contributed by atoms with Crippen molar-refractivity contribution in [2.45, 2.75) is 19.0 Å². The van der Waals surface area contributed by atoms with Crippen molar-refractivity contribution in [1.29, 1.82) is 0 Å². The Balaban J connectivity index is 2.39. The van der Waals surface area contributed by atoms with E-state index in [2.05, 4.69) is 4.74 Å². The third-order valence-corrected chi connectivity index (χ3v) is 2.11. The molecular formula is C8H13FO3. The second kappa shape index (κ2) is 4.40. The van der Waals surface area contributed by atoms with Crippen LogP contribution in [0.4, 0.5) is 4.39 Å². The van der Waals surface area contributed by atoms with Crippen LogP contribution in [0.2, 0.25) is 0 Å². The number of halogens is 1. The fourth-order valence-electron chi connectivity index (χ4n) is 1.31. The summed E-state index contributed by atoms with van der Waals surface area (Å²) in [6, 6.07) is 0. The summed E-state index contributed by atoms with van der Waals surface area (Å²) in [7, 11) is 1.20. The molecule has 1 heterocycles. The van der Waals surface area contributed by atoms with Gasteiger partial charge in [0, 0.05) is 19.1 Å². The number of esters is 1. The molecule has 0 aromatic rings. The van der Waals surface area contributed by atoms with Crippen molar-refractivity contribution in [1.82, 2.24) is 0 Å². The number of ether oxygens (including phenoxy) is 2. The number of rotatable bonds is 2. The van der Waals surface area contributed by atoms with Crippen molar-refractivity contribution in [2.75, 3.05) is 20.3 Å². The van der Waals surface area contributed by atoms with Gasteiger partial charge in [-0.2, -0.15) is 0 Å². The first-order valence-electron chi connectivity index (χ1n) is 4.05. The molecule has 0 aromatic carbocycles. The molecule has 1 fully saturated rings. The van der Waals surface area contributed by atoms with Crippen molar-refractivity contribution in [3.63, 3.8) is 0 Å². The molecule has 12 heavy (non-hydrogen) atoms. The Bertz CT molecular complexity index is 154. The van der Waals surface area contributed by atoms with Crippen LogP contribution in [0.5, 0.6) is 0 Å². The van der Waals surface area contributed by atoms with Gasteiger partial charge in [0.1, 0.15) is 0 Å². The second-order valence-electron chi connectivity index (χ2n) is 2.87. The normalized spacial score (nSPS) is 21.8. The van der Waals surface area contributed by atoms with E-state index in [1.807, 2.05) is 0 Å². The smallest absolute Gasteiger partial charge is 0.340 e. The molecule has 0 N–H and O–H groups in total. The predicted octanol–water partition coefficient (Wildman–Crippen LogP) is 0.924. The number of hydrogen-bond donors (Lipinski definition) is 0. The molecule has 0 saturated carbocycles. The molecule has 1 unspecified atom stereocenters. The van der Waals surface area contributed by atoms with Crippen molar-refractivity contribution in [3.05, 3.63) is 0 Å². The summed E-state index contributed by atoms with van der Waals surface area (Å²) in [4.78, 5) is 10.8. The van der Waals surface area contributed by atoms with E-state index in [4.69, 9.17) is 4.74 Å². The molecule has 1 aliphatic heterocycles. The minimum absolute atomic E-state index is 0.216. The number of carbonyl (C=O) groups excluding carboxylic acids is 1. The Hall–Kier alpha value is -0.640. The van der Waals surface area contributed by atoms with Crippen LogP contribution in [0.1, 0.15) is 12.8 Å². The molecule has 1 aliphatic rings. The number of alkyl halides is 1. The van der Waals surface area contributed by atoms with Gasteiger partial charge in [-0.3, -0.25) is 0 Å². The highest BCUT2D eigenvalue weighted by Gasteiger charge is 2.30. The first-order valence-corrected chi connectivity index (χ1v) is 4.05. The lowest BCUT2D eigenvalue weighted by molar-refractivity contribution is -0.150. The average Bonchev–Trinajstić information content (AvgIpc) is 2.17. The maximum atomic E-state index is 13.2. The fourth-order valence-corrected chi connectivity index (χ4v) is 1.31. The lowest BCUT2D eigenvalue weighted by Gasteiger charge is -2.23. The van der Waals surface area contributed by atoms with Crippen molar-refractivity contribution in [2.24, 2.45) is 5.92 Å². The quantitative estimate of drug-likeness (QED) is 0.587. The van der Waals surface area contributed by atoms with Crippen LogP contribution in [0, 0.1) is 5.92 Å². The monoisotopic (exact) mass is 176 g/mol. The van der Waals surface area contributed by atoms with Crippen LogP contribution in [-0.4, -0.2) is 32.5 Å².